The number of methoxy groups -OCH3 is 1. The molecule has 1 atom stereocenters. The summed E-state index contributed by atoms with van der Waals surface area (Å²) in [5, 5.41) is 13.1. The summed E-state index contributed by atoms with van der Waals surface area (Å²) in [5.74, 6) is -0.847. The lowest BCUT2D eigenvalue weighted by Crippen LogP contribution is -2.32. The normalized spacial score (nSPS) is 17.5. The van der Waals surface area contributed by atoms with Crippen LogP contribution in [0.2, 0.25) is 0 Å². The van der Waals surface area contributed by atoms with E-state index < -0.39 is 17.7 Å². The fraction of sp³-hybridized carbons (Fsp3) is 0.231. The second-order valence-corrected chi connectivity index (χ2v) is 8.73. The molecule has 4 rings (SSSR count). The van der Waals surface area contributed by atoms with Gasteiger partial charge in [-0.25, -0.2) is 0 Å². The first-order chi connectivity index (χ1) is 16.0. The fourth-order valence-electron chi connectivity index (χ4n) is 3.92. The Morgan fingerprint density at radius 3 is 2.55 bits per heavy atom. The average Bonchev–Trinajstić information content (AvgIpc) is 3.44. The highest BCUT2D eigenvalue weighted by Gasteiger charge is 2.46. The van der Waals surface area contributed by atoms with Crippen molar-refractivity contribution < 1.29 is 24.2 Å². The highest BCUT2D eigenvalue weighted by Crippen LogP contribution is 2.41. The lowest BCUT2D eigenvalue weighted by Gasteiger charge is -2.23. The van der Waals surface area contributed by atoms with E-state index in [1.54, 1.807) is 19.2 Å². The van der Waals surface area contributed by atoms with E-state index in [4.69, 9.17) is 9.47 Å². The number of nitrogens with zero attached hydrogens (tertiary/aromatic N) is 1. The van der Waals surface area contributed by atoms with Crippen LogP contribution in [0.25, 0.3) is 5.76 Å². The predicted octanol–water partition coefficient (Wildman–Crippen LogP) is 4.70. The Morgan fingerprint density at radius 1 is 1.09 bits per heavy atom. The lowest BCUT2D eigenvalue weighted by atomic mass is 9.97. The number of thiophene rings is 1. The number of likely N-dealkylation sites (tertiary alicyclic amines) is 1. The van der Waals surface area contributed by atoms with Crippen LogP contribution in [0, 0.1) is 6.92 Å². The number of benzene rings is 2. The van der Waals surface area contributed by atoms with Crippen molar-refractivity contribution in [1.82, 2.24) is 4.90 Å². The molecule has 1 saturated heterocycles. The molecule has 0 saturated carbocycles. The molecule has 2 heterocycles. The summed E-state index contributed by atoms with van der Waals surface area (Å²) in [6.07, 6.45) is 0. The molecule has 170 valence electrons. The first kappa shape index (κ1) is 22.8. The third-order valence-corrected chi connectivity index (χ3v) is 6.52. The van der Waals surface area contributed by atoms with Crippen molar-refractivity contribution in [3.05, 3.63) is 93.2 Å². The molecule has 0 aliphatic carbocycles. The van der Waals surface area contributed by atoms with Crippen LogP contribution in [-0.2, 0) is 20.9 Å². The molecule has 1 N–H and O–H groups in total. The summed E-state index contributed by atoms with van der Waals surface area (Å²) in [7, 11) is 1.54. The van der Waals surface area contributed by atoms with Crippen LogP contribution in [0.5, 0.6) is 5.75 Å². The van der Waals surface area contributed by atoms with Crippen molar-refractivity contribution in [2.24, 2.45) is 0 Å². The number of hydrogen-bond donors (Lipinski definition) is 1. The van der Waals surface area contributed by atoms with Gasteiger partial charge in [-0.3, -0.25) is 9.59 Å². The third kappa shape index (κ3) is 4.69. The minimum atomic E-state index is -0.689. The highest BCUT2D eigenvalue weighted by atomic mass is 32.1. The quantitative estimate of drug-likeness (QED) is 0.298. The maximum Gasteiger partial charge on any atom is 0.295 e. The Labute approximate surface area is 196 Å². The van der Waals surface area contributed by atoms with E-state index in [1.165, 1.54) is 16.2 Å². The van der Waals surface area contributed by atoms with Crippen molar-refractivity contribution in [2.45, 2.75) is 19.6 Å². The highest BCUT2D eigenvalue weighted by molar-refractivity contribution is 7.10. The Kier molecular flexibility index (Phi) is 6.91. The Bertz CT molecular complexity index is 1170. The molecule has 33 heavy (non-hydrogen) atoms. The van der Waals surface area contributed by atoms with Gasteiger partial charge < -0.3 is 19.5 Å². The summed E-state index contributed by atoms with van der Waals surface area (Å²) in [6, 6.07) is 18.2. The minimum Gasteiger partial charge on any atom is -0.507 e. The van der Waals surface area contributed by atoms with Gasteiger partial charge in [0.2, 0.25) is 0 Å². The average molecular weight is 464 g/mol. The van der Waals surface area contributed by atoms with E-state index in [2.05, 4.69) is 0 Å². The molecule has 2 aromatic carbocycles. The third-order valence-electron chi connectivity index (χ3n) is 5.59. The van der Waals surface area contributed by atoms with Crippen LogP contribution in [0.1, 0.15) is 27.6 Å². The summed E-state index contributed by atoms with van der Waals surface area (Å²) >= 11 is 1.44. The molecule has 6 nitrogen and oxygen atoms in total. The van der Waals surface area contributed by atoms with Crippen molar-refractivity contribution in [3.63, 3.8) is 0 Å². The molecule has 1 aliphatic rings. The first-order valence-corrected chi connectivity index (χ1v) is 11.5. The van der Waals surface area contributed by atoms with Crippen LogP contribution >= 0.6 is 11.3 Å². The van der Waals surface area contributed by atoms with E-state index in [1.807, 2.05) is 60.8 Å². The van der Waals surface area contributed by atoms with Crippen LogP contribution in [0.15, 0.2) is 71.6 Å². The molecular formula is C26H25NO5S. The van der Waals surface area contributed by atoms with Gasteiger partial charge in [-0.15, -0.1) is 11.3 Å². The van der Waals surface area contributed by atoms with Crippen LogP contribution < -0.4 is 4.74 Å². The zero-order valence-electron chi connectivity index (χ0n) is 18.5. The lowest BCUT2D eigenvalue weighted by molar-refractivity contribution is -0.140. The molecule has 1 fully saturated rings. The Hall–Kier alpha value is -3.42. The fourth-order valence-corrected chi connectivity index (χ4v) is 4.77. The zero-order chi connectivity index (χ0) is 23.4. The predicted molar refractivity (Wildman–Crippen MR) is 127 cm³/mol. The molecular weight excluding hydrogens is 438 g/mol. The van der Waals surface area contributed by atoms with E-state index >= 15 is 0 Å². The van der Waals surface area contributed by atoms with Gasteiger partial charge in [0.1, 0.15) is 18.1 Å². The number of aliphatic hydroxyl groups is 1. The molecule has 0 spiro atoms. The Balaban J connectivity index is 1.66. The van der Waals surface area contributed by atoms with E-state index in [0.717, 1.165) is 16.0 Å². The monoisotopic (exact) mass is 463 g/mol. The van der Waals surface area contributed by atoms with Crippen molar-refractivity contribution in [2.75, 3.05) is 20.3 Å². The summed E-state index contributed by atoms with van der Waals surface area (Å²) in [6.45, 7) is 2.81. The second kappa shape index (κ2) is 10.0. The van der Waals surface area contributed by atoms with Crippen LogP contribution in [0.4, 0.5) is 0 Å². The molecule has 1 aromatic heterocycles. The molecule has 1 aliphatic heterocycles. The van der Waals surface area contributed by atoms with Crippen molar-refractivity contribution in [1.29, 1.82) is 0 Å². The number of carbonyl (C=O) groups excluding carboxylic acids is 2. The summed E-state index contributed by atoms with van der Waals surface area (Å²) < 4.78 is 11.0. The SMILES string of the molecule is COCCN1C(=O)C(=O)C(=C(O)c2ccc(OCc3ccccc3)cc2C)[C@H]1c1cccs1. The number of ether oxygens (including phenoxy) is 2. The number of Topliss-reactive ketones (excluding diaryl/α,β-unsaturated/α-hetero) is 1. The number of carbonyl (C=O) groups is 2. The van der Waals surface area contributed by atoms with Gasteiger partial charge in [0.15, 0.2) is 0 Å². The number of hydrogen-bond acceptors (Lipinski definition) is 6. The van der Waals surface area contributed by atoms with Crippen molar-refractivity contribution in [3.8, 4) is 5.75 Å². The van der Waals surface area contributed by atoms with Gasteiger partial charge in [-0.1, -0.05) is 36.4 Å². The molecule has 1 amide bonds. The van der Waals surface area contributed by atoms with E-state index in [9.17, 15) is 14.7 Å². The first-order valence-electron chi connectivity index (χ1n) is 10.6. The van der Waals surface area contributed by atoms with Gasteiger partial charge in [0.05, 0.1) is 18.2 Å². The van der Waals surface area contributed by atoms with Crippen LogP contribution in [-0.4, -0.2) is 42.0 Å². The smallest absolute Gasteiger partial charge is 0.295 e. The number of rotatable bonds is 8. The van der Waals surface area contributed by atoms with E-state index in [-0.39, 0.29) is 17.9 Å². The van der Waals surface area contributed by atoms with Crippen LogP contribution in [0.3, 0.4) is 0 Å². The maximum atomic E-state index is 13.0. The Morgan fingerprint density at radius 2 is 1.88 bits per heavy atom. The summed E-state index contributed by atoms with van der Waals surface area (Å²) in [5.41, 5.74) is 2.38. The zero-order valence-corrected chi connectivity index (χ0v) is 19.3. The topological polar surface area (TPSA) is 76.1 Å². The number of aryl methyl sites for hydroxylation is 1. The maximum absolute atomic E-state index is 13.0. The number of aliphatic hydroxyl groups excluding tert-OH is 1. The molecule has 0 bridgehead atoms. The van der Waals surface area contributed by atoms with Crippen molar-refractivity contribution >= 4 is 28.8 Å². The standard InChI is InChI=1S/C26H25NO5S/c1-17-15-19(32-16-18-7-4-3-5-8-18)10-11-20(17)24(28)22-23(21-9-6-14-33-21)27(12-13-31-2)26(30)25(22)29/h3-11,14-15,23,28H,12-13,16H2,1-2H3/t23-/m1/s1. The van der Waals surface area contributed by atoms with E-state index in [0.29, 0.717) is 24.5 Å². The number of amides is 1. The minimum absolute atomic E-state index is 0.0969. The second-order valence-electron chi connectivity index (χ2n) is 7.75. The van der Waals surface area contributed by atoms with Gasteiger partial charge in [0.25, 0.3) is 11.7 Å². The van der Waals surface area contributed by atoms with Gasteiger partial charge in [0, 0.05) is 24.1 Å². The largest absolute Gasteiger partial charge is 0.507 e. The van der Waals surface area contributed by atoms with Gasteiger partial charge in [-0.2, -0.15) is 0 Å². The summed E-state index contributed by atoms with van der Waals surface area (Å²) in [4.78, 5) is 28.0. The molecule has 0 unspecified atom stereocenters. The molecule has 7 heteroatoms. The molecule has 3 aromatic rings. The van der Waals surface area contributed by atoms with Gasteiger partial charge in [-0.05, 0) is 47.7 Å². The molecule has 0 radical (unpaired) electrons. The number of ketones is 1. The van der Waals surface area contributed by atoms with Gasteiger partial charge >= 0.3 is 0 Å².